The molecule has 8 rings (SSSR count). The van der Waals surface area contributed by atoms with E-state index in [0.29, 0.717) is 22.5 Å². The summed E-state index contributed by atoms with van der Waals surface area (Å²) in [4.78, 5) is 42.6. The van der Waals surface area contributed by atoms with E-state index >= 15 is 9.59 Å². The quantitative estimate of drug-likeness (QED) is 0.0544. The summed E-state index contributed by atoms with van der Waals surface area (Å²) in [5, 5.41) is 25.7. The van der Waals surface area contributed by atoms with Gasteiger partial charge in [-0.2, -0.15) is 0 Å². The fourth-order valence-corrected chi connectivity index (χ4v) is 18.0. The summed E-state index contributed by atoms with van der Waals surface area (Å²) in [6.45, 7) is 68.1. The third-order valence-electron chi connectivity index (χ3n) is 21.4. The Hall–Kier alpha value is -5.98. The van der Waals surface area contributed by atoms with E-state index in [-0.39, 0.29) is 28.2 Å². The van der Waals surface area contributed by atoms with Crippen molar-refractivity contribution in [1.82, 2.24) is 4.90 Å². The molecule has 0 unspecified atom stereocenters. The van der Waals surface area contributed by atoms with Crippen LogP contribution in [0.1, 0.15) is 266 Å². The monoisotopic (exact) mass is 1470 g/mol. The van der Waals surface area contributed by atoms with Crippen molar-refractivity contribution in [2.24, 2.45) is 0 Å². The first-order valence-corrected chi connectivity index (χ1v) is 39.0. The van der Waals surface area contributed by atoms with Crippen LogP contribution in [0.15, 0.2) is 117 Å². The van der Waals surface area contributed by atoms with E-state index in [0.717, 1.165) is 153 Å². The third kappa shape index (κ3) is 16.4. The highest BCUT2D eigenvalue weighted by molar-refractivity contribution is 7.80. The average Bonchev–Trinajstić information content (AvgIpc) is 0.709. The molecule has 0 atom stereocenters. The first kappa shape index (κ1) is 83.7. The number of hydrogen-bond donors (Lipinski definition) is 6. The zero-order chi connectivity index (χ0) is 78.7. The first-order chi connectivity index (χ1) is 47.3. The van der Waals surface area contributed by atoms with Gasteiger partial charge < -0.3 is 15.1 Å². The molecule has 0 fully saturated rings. The van der Waals surface area contributed by atoms with Crippen LogP contribution in [-0.4, -0.2) is 46.7 Å². The number of aryl methyl sites for hydroxylation is 8. The van der Waals surface area contributed by atoms with E-state index in [1.807, 2.05) is 0 Å². The van der Waals surface area contributed by atoms with E-state index in [9.17, 15) is 10.2 Å². The van der Waals surface area contributed by atoms with Crippen LogP contribution in [-0.2, 0) is 58.4 Å². The maximum atomic E-state index is 17.8. The number of anilines is 2. The molecule has 0 aromatic heterocycles. The minimum atomic E-state index is -1.86. The lowest BCUT2D eigenvalue weighted by molar-refractivity contribution is -0.149. The van der Waals surface area contributed by atoms with Gasteiger partial charge in [0.05, 0.1) is 24.6 Å². The van der Waals surface area contributed by atoms with E-state index < -0.39 is 52.2 Å². The Labute approximate surface area is 650 Å². The molecule has 8 aromatic carbocycles. The Bertz CT molecular complexity index is 4420. The van der Waals surface area contributed by atoms with Crippen molar-refractivity contribution in [1.29, 1.82) is 0 Å². The molecule has 0 saturated carbocycles. The topological polar surface area (TPSA) is 81.1 Å². The molecule has 104 heavy (non-hydrogen) atoms. The van der Waals surface area contributed by atoms with Gasteiger partial charge in [-0.15, -0.1) is 50.5 Å². The highest BCUT2D eigenvalue weighted by atomic mass is 32.1. The van der Waals surface area contributed by atoms with Gasteiger partial charge in [0.25, 0.3) is 0 Å². The van der Waals surface area contributed by atoms with E-state index in [1.54, 1.807) is 9.80 Å². The second-order valence-electron chi connectivity index (χ2n) is 38.4. The molecule has 10 heteroatoms. The number of rotatable bonds is 12. The fraction of sp³-hybridized carbons (Fsp3) is 0.468. The van der Waals surface area contributed by atoms with Gasteiger partial charge in [-0.05, 0) is 328 Å². The second-order valence-corrected chi connectivity index (χ2v) is 40.3. The zero-order valence-corrected chi connectivity index (χ0v) is 72.8. The summed E-state index contributed by atoms with van der Waals surface area (Å²) in [7, 11) is 0. The number of hydrogen-bond acceptors (Lipinski definition) is 8. The molecule has 0 aliphatic rings. The minimum absolute atomic E-state index is 0.215. The molecule has 558 valence electrons. The molecule has 0 spiro atoms. The van der Waals surface area contributed by atoms with Crippen LogP contribution in [0.2, 0.25) is 0 Å². The smallest absolute Gasteiger partial charge is 0.321 e. The SMILES string of the molecule is Cc1cc(S)c(C(C)(C)C)cc1-c1cc(C(C)(C)C)c(N(C(=O)C(=O)N(CCO)C(CO)(c2cc(C)c(-c3cc(C(C)(C)C)c(S)cc3C)cc2C(C)(C)C)c2cc(C)c(-c3cc(C(C)(C)C)c(S)cc3C)cc2C(C)(C)C)c2cc(C)c(-c3cc(C(C)(C)C)c(S)cc3C)cc2C(C)(C)C)cc1C. The minimum Gasteiger partial charge on any atom is -0.395 e. The number of nitrogens with zero attached hydrogens (tertiary/aromatic N) is 2. The Morgan fingerprint density at radius 2 is 0.481 bits per heavy atom. The molecule has 0 aliphatic carbocycles. The molecule has 2 N–H and O–H groups in total. The van der Waals surface area contributed by atoms with Crippen molar-refractivity contribution in [3.63, 3.8) is 0 Å². The molecule has 0 aliphatic heterocycles. The van der Waals surface area contributed by atoms with Gasteiger partial charge in [-0.25, -0.2) is 0 Å². The highest BCUT2D eigenvalue weighted by Crippen LogP contribution is 2.53. The van der Waals surface area contributed by atoms with Crippen molar-refractivity contribution < 1.29 is 19.8 Å². The van der Waals surface area contributed by atoms with Crippen molar-refractivity contribution in [3.8, 4) is 44.5 Å². The highest BCUT2D eigenvalue weighted by Gasteiger charge is 2.51. The largest absolute Gasteiger partial charge is 0.395 e. The Balaban J connectivity index is 1.60. The number of amides is 2. The summed E-state index contributed by atoms with van der Waals surface area (Å²) in [6.07, 6.45) is 0. The predicted octanol–water partition coefficient (Wildman–Crippen LogP) is 24.8. The molecule has 0 radical (unpaired) electrons. The standard InChI is InChI=1S/C94H124N2O4S4/c1-52-35-70(68(86(9,10)11)43-60(52)64-47-74(90(21,22)23)80(101)39-56(64)5)94(51-98,71-36-53(2)61(44-69(71)87(12,13)14)65-48-75(91(24,25)26)81(102)40-57(65)6)95(33-34-97)84(99)85(100)96(78-37-54(3)62(45-72(78)88(15,16)17)66-49-76(92(27,28)29)82(103)41-58(66)7)79-38-55(4)63(46-73(79)89(18,19)20)67-50-77(93(30,31)32)83(104)42-59(67)8/h35-50,97-98,101-104H,33-34,51H2,1-32H3. The summed E-state index contributed by atoms with van der Waals surface area (Å²) in [6, 6.07) is 35.3. The molecule has 0 bridgehead atoms. The van der Waals surface area contributed by atoms with Crippen LogP contribution in [0.4, 0.5) is 11.4 Å². The Morgan fingerprint density at radius 3 is 0.692 bits per heavy atom. The number of aliphatic hydroxyl groups is 2. The van der Waals surface area contributed by atoms with Gasteiger partial charge in [0.2, 0.25) is 0 Å². The van der Waals surface area contributed by atoms with Crippen LogP contribution in [0, 0.1) is 55.4 Å². The van der Waals surface area contributed by atoms with Crippen molar-refractivity contribution in [2.75, 3.05) is 24.7 Å². The number of benzene rings is 8. The van der Waals surface area contributed by atoms with Gasteiger partial charge in [0.1, 0.15) is 5.54 Å². The van der Waals surface area contributed by atoms with Gasteiger partial charge >= 0.3 is 11.8 Å². The summed E-state index contributed by atoms with van der Waals surface area (Å²) in [5.74, 6) is -1.73. The molecule has 0 saturated heterocycles. The molecule has 2 amide bonds. The normalized spacial score (nSPS) is 13.1. The Morgan fingerprint density at radius 1 is 0.279 bits per heavy atom. The first-order valence-electron chi connectivity index (χ1n) is 37.2. The van der Waals surface area contributed by atoms with Crippen LogP contribution < -0.4 is 4.90 Å². The molecular weight excluding hydrogens is 1350 g/mol. The van der Waals surface area contributed by atoms with Crippen LogP contribution in [0.25, 0.3) is 44.5 Å². The van der Waals surface area contributed by atoms with E-state index in [4.69, 9.17) is 50.5 Å². The van der Waals surface area contributed by atoms with Gasteiger partial charge in [-0.3, -0.25) is 14.5 Å². The predicted molar refractivity (Wildman–Crippen MR) is 458 cm³/mol. The summed E-state index contributed by atoms with van der Waals surface area (Å²) >= 11 is 20.2. The summed E-state index contributed by atoms with van der Waals surface area (Å²) < 4.78 is 0. The number of carbonyl (C=O) groups is 2. The van der Waals surface area contributed by atoms with Gasteiger partial charge in [0.15, 0.2) is 0 Å². The third-order valence-corrected chi connectivity index (χ3v) is 22.9. The van der Waals surface area contributed by atoms with Gasteiger partial charge in [-0.1, -0.05) is 178 Å². The van der Waals surface area contributed by atoms with E-state index in [2.05, 4.69) is 319 Å². The number of aliphatic hydroxyl groups excluding tert-OH is 2. The fourth-order valence-electron chi connectivity index (χ4n) is 15.6. The summed E-state index contributed by atoms with van der Waals surface area (Å²) in [5.41, 5.74) is 21.1. The van der Waals surface area contributed by atoms with E-state index in [1.165, 1.54) is 0 Å². The Kier molecular flexibility index (Phi) is 23.5. The molecule has 6 nitrogen and oxygen atoms in total. The van der Waals surface area contributed by atoms with Gasteiger partial charge in [0, 0.05) is 26.1 Å². The maximum absolute atomic E-state index is 17.8. The van der Waals surface area contributed by atoms with Crippen molar-refractivity contribution in [2.45, 2.75) is 290 Å². The second kappa shape index (κ2) is 29.2. The number of carbonyl (C=O) groups excluding carboxylic acids is 2. The van der Waals surface area contributed by atoms with Crippen LogP contribution in [0.3, 0.4) is 0 Å². The van der Waals surface area contributed by atoms with Crippen molar-refractivity contribution in [3.05, 3.63) is 197 Å². The maximum Gasteiger partial charge on any atom is 0.321 e. The van der Waals surface area contributed by atoms with Crippen LogP contribution >= 0.6 is 50.5 Å². The molecular formula is C94H124N2O4S4. The molecule has 0 heterocycles. The van der Waals surface area contributed by atoms with Crippen molar-refractivity contribution >= 4 is 73.7 Å². The average molecular weight is 1470 g/mol. The zero-order valence-electron chi connectivity index (χ0n) is 69.3. The van der Waals surface area contributed by atoms with Crippen LogP contribution in [0.5, 0.6) is 0 Å². The lowest BCUT2D eigenvalue weighted by Gasteiger charge is -2.48. The molecule has 8 aromatic rings. The lowest BCUT2D eigenvalue weighted by atomic mass is 9.67. The lowest BCUT2D eigenvalue weighted by Crippen LogP contribution is -2.59. The number of thiol groups is 4.